The average molecular weight is 1530 g/mol. The number of allylic oxidation sites excluding steroid dienone is 24. The summed E-state index contributed by atoms with van der Waals surface area (Å²) < 4.78 is 68.7. The smallest absolute Gasteiger partial charge is 0.462 e. The van der Waals surface area contributed by atoms with E-state index < -0.39 is 97.5 Å². The molecule has 0 spiro atoms. The molecular formula is C87H146O17P2. The van der Waals surface area contributed by atoms with Gasteiger partial charge in [-0.25, -0.2) is 9.13 Å². The van der Waals surface area contributed by atoms with E-state index >= 15 is 0 Å². The van der Waals surface area contributed by atoms with Crippen molar-refractivity contribution in [3.05, 3.63) is 146 Å². The molecule has 0 heterocycles. The maximum absolute atomic E-state index is 13.1. The number of aliphatic hydroxyl groups is 1. The highest BCUT2D eigenvalue weighted by Crippen LogP contribution is 2.45. The van der Waals surface area contributed by atoms with Crippen LogP contribution >= 0.6 is 15.6 Å². The molecule has 0 bridgehead atoms. The van der Waals surface area contributed by atoms with Gasteiger partial charge in [-0.3, -0.25) is 37.3 Å². The summed E-state index contributed by atoms with van der Waals surface area (Å²) in [6, 6.07) is 0. The third-order valence-electron chi connectivity index (χ3n) is 16.8. The molecule has 5 atom stereocenters. The van der Waals surface area contributed by atoms with Gasteiger partial charge in [0.25, 0.3) is 0 Å². The predicted octanol–water partition coefficient (Wildman–Crippen LogP) is 24.2. The number of carbonyl (C=O) groups is 4. The molecule has 0 saturated carbocycles. The molecular weight excluding hydrogens is 1380 g/mol. The van der Waals surface area contributed by atoms with Crippen LogP contribution < -0.4 is 0 Å². The van der Waals surface area contributed by atoms with Gasteiger partial charge in [-0.05, 0) is 161 Å². The molecule has 0 rings (SSSR count). The summed E-state index contributed by atoms with van der Waals surface area (Å²) in [6.45, 7) is 4.47. The van der Waals surface area contributed by atoms with Crippen LogP contribution in [0.4, 0.5) is 0 Å². The Morgan fingerprint density at radius 1 is 0.274 bits per heavy atom. The second kappa shape index (κ2) is 78.1. The van der Waals surface area contributed by atoms with Crippen molar-refractivity contribution in [2.24, 2.45) is 0 Å². The van der Waals surface area contributed by atoms with Gasteiger partial charge in [0.1, 0.15) is 19.3 Å². The van der Waals surface area contributed by atoms with Crippen molar-refractivity contribution in [3.8, 4) is 0 Å². The lowest BCUT2D eigenvalue weighted by Gasteiger charge is -2.21. The topological polar surface area (TPSA) is 237 Å². The Morgan fingerprint density at radius 3 is 0.755 bits per heavy atom. The Morgan fingerprint density at radius 2 is 0.491 bits per heavy atom. The van der Waals surface area contributed by atoms with Crippen molar-refractivity contribution < 1.29 is 80.2 Å². The summed E-state index contributed by atoms with van der Waals surface area (Å²) in [6.07, 6.45) is 89.5. The van der Waals surface area contributed by atoms with E-state index in [0.717, 1.165) is 225 Å². The van der Waals surface area contributed by atoms with Crippen LogP contribution in [0.3, 0.4) is 0 Å². The standard InChI is InChI=1S/C87H146O17P2/c1-5-9-13-17-21-25-29-33-37-39-40-42-46-48-52-56-60-64-68-72-85(90)98-78-83(104-87(92)74-70-66-62-58-54-50-44-36-32-28-24-20-16-12-8-4)80-102-106(95,96)100-76-81(88)75-99-105(93,94)101-79-82(103-86(91)73-69-65-61-57-53-49-43-35-31-27-23-19-15-11-7-3)77-97-84(89)71-67-63-59-55-51-47-45-41-38-34-30-26-22-18-14-10-6-2/h10-12,14-16,21-28,33-38,40,42-44,81-83,88H,5-9,13,17-20,29-32,39,41,45-80H2,1-4H3,(H,93,94)(H,95,96)/b14-10-,15-11-,16-12-,25-21-,26-22-,27-23-,28-24-,37-33-,38-34-,42-40-,43-35-,44-36-. The lowest BCUT2D eigenvalue weighted by molar-refractivity contribution is -0.161. The second-order valence-corrected chi connectivity index (χ2v) is 29.8. The summed E-state index contributed by atoms with van der Waals surface area (Å²) >= 11 is 0. The first-order chi connectivity index (χ1) is 51.7. The minimum Gasteiger partial charge on any atom is -0.462 e. The summed E-state index contributed by atoms with van der Waals surface area (Å²) in [5.74, 6) is -2.24. The van der Waals surface area contributed by atoms with Gasteiger partial charge in [0.15, 0.2) is 12.2 Å². The van der Waals surface area contributed by atoms with E-state index in [2.05, 4.69) is 174 Å². The summed E-state index contributed by atoms with van der Waals surface area (Å²) in [5, 5.41) is 10.7. The Bertz CT molecular complexity index is 2580. The maximum atomic E-state index is 13.1. The number of esters is 4. The number of carbonyl (C=O) groups excluding carboxylic acids is 4. The molecule has 19 heteroatoms. The van der Waals surface area contributed by atoms with Crippen LogP contribution in [-0.4, -0.2) is 96.7 Å². The summed E-state index contributed by atoms with van der Waals surface area (Å²) in [5.41, 5.74) is 0. The van der Waals surface area contributed by atoms with Gasteiger partial charge in [0, 0.05) is 25.7 Å². The molecule has 3 N–H and O–H groups in total. The number of phosphoric ester groups is 2. The number of aliphatic hydroxyl groups excluding tert-OH is 1. The van der Waals surface area contributed by atoms with Gasteiger partial charge < -0.3 is 33.8 Å². The largest absolute Gasteiger partial charge is 0.472 e. The number of phosphoric acid groups is 2. The number of rotatable bonds is 76. The monoisotopic (exact) mass is 1530 g/mol. The van der Waals surface area contributed by atoms with Crippen molar-refractivity contribution in [1.82, 2.24) is 0 Å². The van der Waals surface area contributed by atoms with Crippen LogP contribution in [-0.2, 0) is 65.4 Å². The summed E-state index contributed by atoms with van der Waals surface area (Å²) in [7, 11) is -9.99. The van der Waals surface area contributed by atoms with Gasteiger partial charge in [-0.1, -0.05) is 283 Å². The van der Waals surface area contributed by atoms with E-state index in [4.69, 9.17) is 37.0 Å². The van der Waals surface area contributed by atoms with E-state index in [1.54, 1.807) is 0 Å². The second-order valence-electron chi connectivity index (χ2n) is 26.9. The highest BCUT2D eigenvalue weighted by molar-refractivity contribution is 7.47. The van der Waals surface area contributed by atoms with Gasteiger partial charge >= 0.3 is 39.5 Å². The van der Waals surface area contributed by atoms with E-state index in [1.807, 2.05) is 0 Å². The molecule has 0 amide bonds. The zero-order valence-corrected chi connectivity index (χ0v) is 68.1. The Labute approximate surface area is 643 Å². The van der Waals surface area contributed by atoms with Gasteiger partial charge in [-0.15, -0.1) is 0 Å². The Balaban J connectivity index is 5.40. The molecule has 5 unspecified atom stereocenters. The third-order valence-corrected chi connectivity index (χ3v) is 18.7. The maximum Gasteiger partial charge on any atom is 0.472 e. The molecule has 0 aromatic heterocycles. The molecule has 0 radical (unpaired) electrons. The van der Waals surface area contributed by atoms with E-state index in [-0.39, 0.29) is 25.7 Å². The van der Waals surface area contributed by atoms with Crippen LogP contribution in [0.1, 0.15) is 323 Å². The molecule has 106 heavy (non-hydrogen) atoms. The molecule has 0 aliphatic rings. The van der Waals surface area contributed by atoms with Gasteiger partial charge in [0.05, 0.1) is 26.4 Å². The molecule has 606 valence electrons. The fourth-order valence-corrected chi connectivity index (χ4v) is 12.2. The molecule has 0 fully saturated rings. The first-order valence-corrected chi connectivity index (χ1v) is 44.1. The average Bonchev–Trinajstić information content (AvgIpc) is 0.928. The van der Waals surface area contributed by atoms with Crippen molar-refractivity contribution >= 4 is 39.5 Å². The fourth-order valence-electron chi connectivity index (χ4n) is 10.6. The Kier molecular flexibility index (Phi) is 74.3. The molecule has 0 aromatic rings. The SMILES string of the molecule is CC/C=C\C/C=C\C/C=C\CCCCCCCCCC(=O)OCC(COP(=O)(O)OCC(O)COP(=O)(O)OCC(COC(=O)CCCCCCCC/C=C\C/C=C\C/C=C\CCCCC)OC(=O)CCCCCCC/C=C\C/C=C\C/C=C\CC)OC(=O)CCCCCCC/C=C\C/C=C\C/C=C\CC. The minimum absolute atomic E-state index is 0.0685. The van der Waals surface area contributed by atoms with E-state index in [9.17, 15) is 43.2 Å². The predicted molar refractivity (Wildman–Crippen MR) is 436 cm³/mol. The van der Waals surface area contributed by atoms with Crippen LogP contribution in [0.25, 0.3) is 0 Å². The highest BCUT2D eigenvalue weighted by Gasteiger charge is 2.30. The molecule has 0 aliphatic carbocycles. The van der Waals surface area contributed by atoms with Crippen LogP contribution in [0.15, 0.2) is 146 Å². The first kappa shape index (κ1) is 101. The van der Waals surface area contributed by atoms with Crippen LogP contribution in [0.2, 0.25) is 0 Å². The Hall–Kier alpha value is -5.06. The van der Waals surface area contributed by atoms with E-state index in [0.29, 0.717) is 25.7 Å². The number of hydrogen-bond acceptors (Lipinski definition) is 15. The molecule has 0 aromatic carbocycles. The zero-order valence-electron chi connectivity index (χ0n) is 66.3. The number of unbranched alkanes of at least 4 members (excludes halogenated alkanes) is 26. The number of ether oxygens (including phenoxy) is 4. The molecule has 0 saturated heterocycles. The minimum atomic E-state index is -4.99. The molecule has 17 nitrogen and oxygen atoms in total. The van der Waals surface area contributed by atoms with Crippen LogP contribution in [0.5, 0.6) is 0 Å². The zero-order chi connectivity index (χ0) is 77.4. The van der Waals surface area contributed by atoms with Crippen LogP contribution in [0, 0.1) is 0 Å². The van der Waals surface area contributed by atoms with Gasteiger partial charge in [-0.2, -0.15) is 0 Å². The molecule has 0 aliphatic heterocycles. The first-order valence-electron chi connectivity index (χ1n) is 41.1. The summed E-state index contributed by atoms with van der Waals surface area (Å²) in [4.78, 5) is 73.1. The normalized spacial score (nSPS) is 14.6. The van der Waals surface area contributed by atoms with Crippen molar-refractivity contribution in [2.75, 3.05) is 39.6 Å². The van der Waals surface area contributed by atoms with E-state index in [1.165, 1.54) is 19.3 Å². The quantitative estimate of drug-likeness (QED) is 0.0169. The lowest BCUT2D eigenvalue weighted by atomic mass is 10.1. The third kappa shape index (κ3) is 77.1. The highest BCUT2D eigenvalue weighted by atomic mass is 31.2. The number of hydrogen-bond donors (Lipinski definition) is 3. The van der Waals surface area contributed by atoms with Crippen molar-refractivity contribution in [2.45, 2.75) is 341 Å². The van der Waals surface area contributed by atoms with Crippen molar-refractivity contribution in [1.29, 1.82) is 0 Å². The lowest BCUT2D eigenvalue weighted by Crippen LogP contribution is -2.30. The van der Waals surface area contributed by atoms with Crippen molar-refractivity contribution in [3.63, 3.8) is 0 Å². The fraction of sp³-hybridized carbons (Fsp3) is 0.678. The van der Waals surface area contributed by atoms with Gasteiger partial charge in [0.2, 0.25) is 0 Å².